The van der Waals surface area contributed by atoms with E-state index in [9.17, 15) is 18.0 Å². The summed E-state index contributed by atoms with van der Waals surface area (Å²) in [4.78, 5) is 18.9. The molecule has 1 aliphatic rings. The van der Waals surface area contributed by atoms with Gasteiger partial charge in [-0.25, -0.2) is 9.50 Å². The van der Waals surface area contributed by atoms with Crippen LogP contribution in [0.4, 0.5) is 19.0 Å². The second-order valence-corrected chi connectivity index (χ2v) is 9.59. The molecule has 0 aliphatic carbocycles. The Bertz CT molecular complexity index is 1650. The normalized spacial score (nSPS) is 14.9. The first-order valence-corrected chi connectivity index (χ1v) is 12.5. The maximum Gasteiger partial charge on any atom is 0.471 e. The van der Waals surface area contributed by atoms with Crippen molar-refractivity contribution in [1.82, 2.24) is 34.2 Å². The molecule has 0 spiro atoms. The molecule has 0 radical (unpaired) electrons. The molecule has 0 atom stereocenters. The van der Waals surface area contributed by atoms with Gasteiger partial charge in [0.05, 0.1) is 17.8 Å². The van der Waals surface area contributed by atoms with E-state index in [2.05, 4.69) is 22.2 Å². The van der Waals surface area contributed by atoms with E-state index in [0.717, 1.165) is 32.6 Å². The van der Waals surface area contributed by atoms with E-state index < -0.39 is 12.1 Å². The molecule has 6 rings (SSSR count). The molecule has 2 aromatic carbocycles. The first-order chi connectivity index (χ1) is 18.7. The van der Waals surface area contributed by atoms with Crippen molar-refractivity contribution in [3.63, 3.8) is 0 Å². The zero-order valence-electron chi connectivity index (χ0n) is 20.8. The van der Waals surface area contributed by atoms with E-state index in [1.54, 1.807) is 4.52 Å². The van der Waals surface area contributed by atoms with Crippen LogP contribution in [0.2, 0.25) is 0 Å². The lowest BCUT2D eigenvalue weighted by Crippen LogP contribution is -2.52. The minimum atomic E-state index is -4.85. The summed E-state index contributed by atoms with van der Waals surface area (Å²) >= 11 is 0. The van der Waals surface area contributed by atoms with Gasteiger partial charge in [-0.15, -0.1) is 5.10 Å². The highest BCUT2D eigenvalue weighted by Gasteiger charge is 2.43. The van der Waals surface area contributed by atoms with Crippen LogP contribution >= 0.6 is 0 Å². The summed E-state index contributed by atoms with van der Waals surface area (Å²) in [5, 5.41) is 10.4. The van der Waals surface area contributed by atoms with Crippen molar-refractivity contribution in [2.75, 3.05) is 31.9 Å². The van der Waals surface area contributed by atoms with E-state index >= 15 is 0 Å². The van der Waals surface area contributed by atoms with Crippen molar-refractivity contribution in [3.8, 4) is 11.4 Å². The van der Waals surface area contributed by atoms with Gasteiger partial charge in [0.2, 0.25) is 0 Å². The number of hydrogen-bond acceptors (Lipinski definition) is 6. The highest BCUT2D eigenvalue weighted by molar-refractivity contribution is 5.83. The third-order valence-electron chi connectivity index (χ3n) is 6.90. The largest absolute Gasteiger partial charge is 0.471 e. The Kier molecular flexibility index (Phi) is 6.18. The van der Waals surface area contributed by atoms with Gasteiger partial charge in [0.25, 0.3) is 0 Å². The van der Waals surface area contributed by atoms with Gasteiger partial charge in [0, 0.05) is 49.9 Å². The van der Waals surface area contributed by atoms with E-state index in [1.807, 2.05) is 64.3 Å². The summed E-state index contributed by atoms with van der Waals surface area (Å²) in [7, 11) is 0. The van der Waals surface area contributed by atoms with E-state index in [-0.39, 0.29) is 13.1 Å². The number of benzene rings is 2. The summed E-state index contributed by atoms with van der Waals surface area (Å²) < 4.78 is 41.9. The summed E-state index contributed by atoms with van der Waals surface area (Å²) in [6.07, 6.45) is -2.87. The number of rotatable bonds is 5. The number of alkyl halides is 3. The van der Waals surface area contributed by atoms with Crippen molar-refractivity contribution in [3.05, 3.63) is 78.1 Å². The van der Waals surface area contributed by atoms with Gasteiger partial charge < -0.3 is 10.6 Å². The van der Waals surface area contributed by atoms with Crippen LogP contribution in [-0.2, 0) is 17.9 Å². The third-order valence-corrected chi connectivity index (χ3v) is 6.90. The Morgan fingerprint density at radius 1 is 0.923 bits per heavy atom. The monoisotopic (exact) mass is 534 g/mol. The van der Waals surface area contributed by atoms with Gasteiger partial charge in [0.1, 0.15) is 5.52 Å². The second-order valence-electron chi connectivity index (χ2n) is 9.59. The Hall–Kier alpha value is -4.45. The number of carbonyl (C=O) groups excluding carboxylic acids is 1. The number of nitrogen functional groups attached to an aromatic ring is 1. The van der Waals surface area contributed by atoms with Gasteiger partial charge in [-0.2, -0.15) is 18.3 Å². The molecule has 12 heteroatoms. The Labute approximate surface area is 221 Å². The fourth-order valence-electron chi connectivity index (χ4n) is 4.90. The fraction of sp³-hybridized carbons (Fsp3) is 0.259. The van der Waals surface area contributed by atoms with Gasteiger partial charge >= 0.3 is 12.1 Å². The lowest BCUT2D eigenvalue weighted by molar-refractivity contribution is -0.187. The highest BCUT2D eigenvalue weighted by atomic mass is 19.4. The Morgan fingerprint density at radius 2 is 1.69 bits per heavy atom. The third kappa shape index (κ3) is 5.02. The number of nitrogens with zero attached hydrogens (tertiary/aromatic N) is 7. The molecule has 4 heterocycles. The minimum absolute atomic E-state index is 0.0159. The van der Waals surface area contributed by atoms with Crippen LogP contribution in [-0.4, -0.2) is 72.4 Å². The number of fused-ring (bicyclic) bond motifs is 2. The van der Waals surface area contributed by atoms with Crippen LogP contribution in [0.3, 0.4) is 0 Å². The topological polar surface area (TPSA) is 97.6 Å². The summed E-state index contributed by atoms with van der Waals surface area (Å²) in [5.74, 6) is -1.01. The zero-order chi connectivity index (χ0) is 27.1. The number of hydrogen-bond donors (Lipinski definition) is 1. The van der Waals surface area contributed by atoms with Crippen molar-refractivity contribution in [1.29, 1.82) is 0 Å². The number of amides is 1. The SMILES string of the molecule is Nc1nc(-c2ccc3nn(Cc4ccccc4)cc3c2)nn2c(CN3CCN(C(=O)C(F)(F)F)CC3)ccc12. The van der Waals surface area contributed by atoms with E-state index in [1.165, 1.54) is 0 Å². The first kappa shape index (κ1) is 24.9. The molecule has 3 aromatic heterocycles. The van der Waals surface area contributed by atoms with E-state index in [0.29, 0.717) is 43.3 Å². The van der Waals surface area contributed by atoms with Crippen LogP contribution in [0.25, 0.3) is 27.8 Å². The number of anilines is 1. The fourth-order valence-corrected chi connectivity index (χ4v) is 4.90. The number of carbonyl (C=O) groups is 1. The molecule has 5 aromatic rings. The number of aromatic nitrogens is 5. The van der Waals surface area contributed by atoms with Crippen molar-refractivity contribution in [2.24, 2.45) is 0 Å². The van der Waals surface area contributed by atoms with Crippen molar-refractivity contribution in [2.45, 2.75) is 19.3 Å². The summed E-state index contributed by atoms with van der Waals surface area (Å²) in [5.41, 5.74) is 10.6. The number of piperazine rings is 1. The molecule has 1 fully saturated rings. The van der Waals surface area contributed by atoms with Crippen LogP contribution in [0.15, 0.2) is 66.9 Å². The number of halogens is 3. The molecule has 0 saturated carbocycles. The molecule has 2 N–H and O–H groups in total. The maximum atomic E-state index is 12.8. The van der Waals surface area contributed by atoms with Gasteiger partial charge in [-0.1, -0.05) is 30.3 Å². The lowest BCUT2D eigenvalue weighted by atomic mass is 10.1. The highest BCUT2D eigenvalue weighted by Crippen LogP contribution is 2.25. The Balaban J connectivity index is 1.22. The van der Waals surface area contributed by atoms with E-state index in [4.69, 9.17) is 10.8 Å². The van der Waals surface area contributed by atoms with Crippen LogP contribution in [0, 0.1) is 0 Å². The molecular weight excluding hydrogens is 509 g/mol. The Morgan fingerprint density at radius 3 is 2.44 bits per heavy atom. The van der Waals surface area contributed by atoms with Crippen LogP contribution in [0.1, 0.15) is 11.3 Å². The maximum absolute atomic E-state index is 12.8. The molecular formula is C27H25F3N8O. The number of nitrogens with two attached hydrogens (primary N) is 1. The molecule has 1 amide bonds. The molecule has 1 aliphatic heterocycles. The van der Waals surface area contributed by atoms with Crippen molar-refractivity contribution >= 4 is 28.1 Å². The smallest absolute Gasteiger partial charge is 0.382 e. The van der Waals surface area contributed by atoms with Gasteiger partial charge in [0.15, 0.2) is 11.6 Å². The van der Waals surface area contributed by atoms with Crippen LogP contribution in [0.5, 0.6) is 0 Å². The predicted molar refractivity (Wildman–Crippen MR) is 140 cm³/mol. The summed E-state index contributed by atoms with van der Waals surface area (Å²) in [6.45, 7) is 1.79. The van der Waals surface area contributed by atoms with Gasteiger partial charge in [-0.05, 0) is 35.9 Å². The average Bonchev–Trinajstić information content (AvgIpc) is 3.52. The molecule has 0 unspecified atom stereocenters. The molecule has 39 heavy (non-hydrogen) atoms. The first-order valence-electron chi connectivity index (χ1n) is 12.5. The molecule has 0 bridgehead atoms. The molecule has 200 valence electrons. The molecule has 9 nitrogen and oxygen atoms in total. The minimum Gasteiger partial charge on any atom is -0.382 e. The standard InChI is InChI=1S/C27H25F3N8O/c28-27(29,30)26(39)36-12-10-35(11-13-36)17-21-7-9-23-24(31)32-25(34-38(21)23)19-6-8-22-20(14-19)16-37(33-22)15-18-4-2-1-3-5-18/h1-9,14,16H,10-13,15,17H2,(H2,31,32,34). The quantitative estimate of drug-likeness (QED) is 0.370. The lowest BCUT2D eigenvalue weighted by Gasteiger charge is -2.34. The van der Waals surface area contributed by atoms with Gasteiger partial charge in [-0.3, -0.25) is 14.4 Å². The predicted octanol–water partition coefficient (Wildman–Crippen LogP) is 3.58. The second kappa shape index (κ2) is 9.70. The summed E-state index contributed by atoms with van der Waals surface area (Å²) in [6, 6.07) is 19.6. The zero-order valence-corrected chi connectivity index (χ0v) is 20.8. The average molecular weight is 535 g/mol. The van der Waals surface area contributed by atoms with Crippen molar-refractivity contribution < 1.29 is 18.0 Å². The van der Waals surface area contributed by atoms with Crippen LogP contribution < -0.4 is 5.73 Å². The molecule has 1 saturated heterocycles.